The zero-order valence-electron chi connectivity index (χ0n) is 25.7. The number of aromatic nitrogens is 1. The molecule has 0 aliphatic carbocycles. The quantitative estimate of drug-likeness (QED) is 0.182. The number of rotatable bonds is 12. The number of carbonyl (C=O) groups is 1. The number of esters is 1. The maximum absolute atomic E-state index is 14.2. The summed E-state index contributed by atoms with van der Waals surface area (Å²) in [5.41, 5.74) is 1.37. The Morgan fingerprint density at radius 1 is 0.978 bits per heavy atom. The highest BCUT2D eigenvalue weighted by molar-refractivity contribution is 7.07. The molecule has 3 aromatic carbocycles. The van der Waals surface area contributed by atoms with Gasteiger partial charge in [0.1, 0.15) is 12.4 Å². The van der Waals surface area contributed by atoms with E-state index in [1.807, 2.05) is 20.8 Å². The number of nitrogens with zero attached hydrogens (tertiary/aromatic N) is 2. The van der Waals surface area contributed by atoms with Crippen LogP contribution in [0.25, 0.3) is 6.08 Å². The van der Waals surface area contributed by atoms with Crippen molar-refractivity contribution in [1.29, 1.82) is 0 Å². The van der Waals surface area contributed by atoms with E-state index in [0.29, 0.717) is 63.1 Å². The van der Waals surface area contributed by atoms with Gasteiger partial charge in [0.05, 0.1) is 48.1 Å². The van der Waals surface area contributed by atoms with Crippen LogP contribution in [0.15, 0.2) is 76.2 Å². The minimum Gasteiger partial charge on any atom is -0.490 e. The van der Waals surface area contributed by atoms with Crippen LogP contribution in [-0.4, -0.2) is 37.5 Å². The van der Waals surface area contributed by atoms with Crippen LogP contribution in [-0.2, 0) is 16.1 Å². The van der Waals surface area contributed by atoms with Crippen LogP contribution in [0, 0.1) is 5.82 Å². The van der Waals surface area contributed by atoms with E-state index in [2.05, 4.69) is 4.99 Å². The Balaban J connectivity index is 1.58. The highest BCUT2D eigenvalue weighted by atomic mass is 35.5. The molecular formula is C34H32ClFN2O7S. The van der Waals surface area contributed by atoms with Crippen LogP contribution in [0.3, 0.4) is 0 Å². The molecule has 46 heavy (non-hydrogen) atoms. The lowest BCUT2D eigenvalue weighted by molar-refractivity contribution is -0.136. The molecule has 0 radical (unpaired) electrons. The van der Waals surface area contributed by atoms with Crippen LogP contribution in [0.4, 0.5) is 4.39 Å². The maximum Gasteiger partial charge on any atom is 0.337 e. The molecule has 0 fully saturated rings. The van der Waals surface area contributed by atoms with Crippen LogP contribution < -0.4 is 33.8 Å². The first kappa shape index (κ1) is 32.8. The van der Waals surface area contributed by atoms with Gasteiger partial charge in [0.15, 0.2) is 27.8 Å². The topological polar surface area (TPSA) is 97.6 Å². The van der Waals surface area contributed by atoms with E-state index in [9.17, 15) is 14.0 Å². The summed E-state index contributed by atoms with van der Waals surface area (Å²) in [4.78, 5) is 31.7. The van der Waals surface area contributed by atoms with E-state index in [1.54, 1.807) is 54.6 Å². The minimum atomic E-state index is -0.836. The molecule has 0 saturated heterocycles. The number of hydrogen-bond donors (Lipinski definition) is 0. The number of thiazole rings is 1. The second kappa shape index (κ2) is 14.7. The third kappa shape index (κ3) is 6.80. The summed E-state index contributed by atoms with van der Waals surface area (Å²) in [7, 11) is 1.28. The van der Waals surface area contributed by atoms with Crippen molar-refractivity contribution in [2.45, 2.75) is 33.4 Å². The van der Waals surface area contributed by atoms with E-state index in [0.717, 1.165) is 11.3 Å². The fraction of sp³-hybridized carbons (Fsp3) is 0.265. The lowest BCUT2D eigenvalue weighted by atomic mass is 9.97. The number of benzene rings is 3. The molecule has 1 atom stereocenters. The van der Waals surface area contributed by atoms with Crippen molar-refractivity contribution in [3.63, 3.8) is 0 Å². The molecule has 240 valence electrons. The summed E-state index contributed by atoms with van der Waals surface area (Å²) < 4.78 is 44.3. The van der Waals surface area contributed by atoms with Crippen LogP contribution in [0.1, 0.15) is 43.5 Å². The predicted molar refractivity (Wildman–Crippen MR) is 173 cm³/mol. The second-order valence-electron chi connectivity index (χ2n) is 9.89. The molecule has 1 aliphatic heterocycles. The van der Waals surface area contributed by atoms with Crippen LogP contribution in [0.2, 0.25) is 5.02 Å². The molecular weight excluding hydrogens is 635 g/mol. The predicted octanol–water partition coefficient (Wildman–Crippen LogP) is 5.59. The average molecular weight is 667 g/mol. The van der Waals surface area contributed by atoms with Crippen molar-refractivity contribution in [1.82, 2.24) is 4.57 Å². The first-order valence-corrected chi connectivity index (χ1v) is 15.8. The highest BCUT2D eigenvalue weighted by Crippen LogP contribution is 2.38. The fourth-order valence-electron chi connectivity index (χ4n) is 4.98. The number of methoxy groups -OCH3 is 1. The number of carbonyl (C=O) groups excluding carboxylic acids is 1. The molecule has 4 aromatic rings. The van der Waals surface area contributed by atoms with Gasteiger partial charge in [-0.3, -0.25) is 9.36 Å². The number of ether oxygens (including phenoxy) is 5. The summed E-state index contributed by atoms with van der Waals surface area (Å²) in [6.07, 6.45) is 3.09. The molecule has 1 aromatic heterocycles. The Morgan fingerprint density at radius 2 is 1.70 bits per heavy atom. The maximum atomic E-state index is 14.2. The zero-order chi connectivity index (χ0) is 32.8. The molecule has 12 heteroatoms. The molecule has 2 heterocycles. The van der Waals surface area contributed by atoms with Gasteiger partial charge in [0, 0.05) is 11.8 Å². The van der Waals surface area contributed by atoms with Crippen molar-refractivity contribution in [3.8, 4) is 23.0 Å². The number of hydrogen-bond acceptors (Lipinski definition) is 9. The minimum absolute atomic E-state index is 0.0521. The number of halogens is 2. The highest BCUT2D eigenvalue weighted by Gasteiger charge is 2.31. The fourth-order valence-corrected chi connectivity index (χ4v) is 6.22. The van der Waals surface area contributed by atoms with E-state index < -0.39 is 17.8 Å². The largest absolute Gasteiger partial charge is 0.490 e. The standard InChI is InChI=1S/C34H32ClFN2O7S/c1-5-42-26-13-12-21(17-27(26)43-6-2)30-23(33(40)41-4)18-37-34-38(30)32(39)29(46-34)16-20-14-24(35)31(28(15-20)44-7-3)45-19-22-10-8-9-11-25(22)36/h8-18,30H,5-7,19H2,1-4H3/b29-16-/t30-/m1/s1. The summed E-state index contributed by atoms with van der Waals surface area (Å²) in [5.74, 6) is 0.626. The van der Waals surface area contributed by atoms with Crippen molar-refractivity contribution in [3.05, 3.63) is 114 Å². The third-order valence-electron chi connectivity index (χ3n) is 6.97. The molecule has 9 nitrogen and oxygen atoms in total. The molecule has 0 unspecified atom stereocenters. The molecule has 0 N–H and O–H groups in total. The lowest BCUT2D eigenvalue weighted by Crippen LogP contribution is -2.39. The monoisotopic (exact) mass is 666 g/mol. The SMILES string of the molecule is CCOc1ccc([C@@H]2C(C(=O)OC)=CN=c3s/c(=C\c4cc(Cl)c(OCc5ccccc5F)c(OCC)c4)c(=O)n32)cc1OCC. The van der Waals surface area contributed by atoms with Gasteiger partial charge >= 0.3 is 5.97 Å². The van der Waals surface area contributed by atoms with Gasteiger partial charge in [-0.1, -0.05) is 47.2 Å². The third-order valence-corrected chi connectivity index (χ3v) is 8.25. The van der Waals surface area contributed by atoms with E-state index >= 15 is 0 Å². The van der Waals surface area contributed by atoms with Gasteiger partial charge < -0.3 is 23.7 Å². The van der Waals surface area contributed by atoms with Gasteiger partial charge in [-0.2, -0.15) is 0 Å². The van der Waals surface area contributed by atoms with Crippen molar-refractivity contribution >= 4 is 35.0 Å². The smallest absolute Gasteiger partial charge is 0.337 e. The molecule has 0 saturated carbocycles. The van der Waals surface area contributed by atoms with Crippen molar-refractivity contribution in [2.24, 2.45) is 4.99 Å². The summed E-state index contributed by atoms with van der Waals surface area (Å²) in [6, 6.07) is 14.1. The Hall–Kier alpha value is -4.61. The van der Waals surface area contributed by atoms with Gasteiger partial charge in [-0.15, -0.1) is 0 Å². The van der Waals surface area contributed by atoms with E-state index in [-0.39, 0.29) is 28.5 Å². The first-order chi connectivity index (χ1) is 22.3. The number of fused-ring (bicyclic) bond motifs is 1. The van der Waals surface area contributed by atoms with Crippen LogP contribution in [0.5, 0.6) is 23.0 Å². The van der Waals surface area contributed by atoms with Gasteiger partial charge in [0.25, 0.3) is 5.56 Å². The second-order valence-corrected chi connectivity index (χ2v) is 11.3. The molecule has 0 bridgehead atoms. The first-order valence-electron chi connectivity index (χ1n) is 14.6. The zero-order valence-corrected chi connectivity index (χ0v) is 27.2. The average Bonchev–Trinajstić information content (AvgIpc) is 3.36. The Morgan fingerprint density at radius 3 is 2.41 bits per heavy atom. The lowest BCUT2D eigenvalue weighted by Gasteiger charge is -2.23. The van der Waals surface area contributed by atoms with Gasteiger partial charge in [0.2, 0.25) is 0 Å². The molecule has 0 amide bonds. The van der Waals surface area contributed by atoms with Crippen molar-refractivity contribution < 1.29 is 32.9 Å². The van der Waals surface area contributed by atoms with Gasteiger partial charge in [-0.25, -0.2) is 14.2 Å². The van der Waals surface area contributed by atoms with Crippen LogP contribution >= 0.6 is 22.9 Å². The van der Waals surface area contributed by atoms with Crippen molar-refractivity contribution in [2.75, 3.05) is 26.9 Å². The Labute approximate surface area is 273 Å². The summed E-state index contributed by atoms with van der Waals surface area (Å²) >= 11 is 7.79. The molecule has 0 spiro atoms. The molecule has 5 rings (SSSR count). The Bertz CT molecular complexity index is 1970. The molecule has 1 aliphatic rings. The normalized spacial score (nSPS) is 14.2. The Kier molecular flexibility index (Phi) is 10.4. The van der Waals surface area contributed by atoms with E-state index in [1.165, 1.54) is 23.9 Å². The summed E-state index contributed by atoms with van der Waals surface area (Å²) in [6.45, 7) is 6.65. The summed E-state index contributed by atoms with van der Waals surface area (Å²) in [5, 5.41) is 0.227. The van der Waals surface area contributed by atoms with E-state index in [4.69, 9.17) is 35.3 Å². The van der Waals surface area contributed by atoms with Gasteiger partial charge in [-0.05, 0) is 68.3 Å².